The molecule has 0 spiro atoms. The van der Waals surface area contributed by atoms with Gasteiger partial charge in [-0.25, -0.2) is 0 Å². The predicted octanol–water partition coefficient (Wildman–Crippen LogP) is 2.44. The zero-order valence-corrected chi connectivity index (χ0v) is 10.7. The van der Waals surface area contributed by atoms with E-state index in [1.807, 2.05) is 0 Å². The lowest BCUT2D eigenvalue weighted by Crippen LogP contribution is -2.06. The Balaban J connectivity index is 2.32. The van der Waals surface area contributed by atoms with E-state index in [0.29, 0.717) is 17.4 Å². The number of rotatable bonds is 7. The number of methoxy groups -OCH3 is 1. The van der Waals surface area contributed by atoms with E-state index in [4.69, 9.17) is 16.3 Å². The van der Waals surface area contributed by atoms with Crippen molar-refractivity contribution in [2.75, 3.05) is 31.3 Å². The molecule has 0 bridgehead atoms. The lowest BCUT2D eigenvalue weighted by atomic mass is 10.7. The van der Waals surface area contributed by atoms with E-state index in [9.17, 15) is 0 Å². The van der Waals surface area contributed by atoms with E-state index in [0.717, 1.165) is 16.0 Å². The summed E-state index contributed by atoms with van der Waals surface area (Å²) in [4.78, 5) is 0. The van der Waals surface area contributed by atoms with Crippen LogP contribution in [-0.4, -0.2) is 36.2 Å². The van der Waals surface area contributed by atoms with Crippen LogP contribution in [0.5, 0.6) is 0 Å². The summed E-state index contributed by atoms with van der Waals surface area (Å²) in [5.74, 6) is 0.661. The summed E-state index contributed by atoms with van der Waals surface area (Å²) >= 11 is 8.68. The monoisotopic (exact) mass is 265 g/mol. The Kier molecular flexibility index (Phi) is 6.00. The number of nitrogens with zero attached hydrogens (tertiary/aromatic N) is 2. The first-order chi connectivity index (χ1) is 7.22. The van der Waals surface area contributed by atoms with Gasteiger partial charge in [0, 0.05) is 24.4 Å². The number of hydrogen-bond acceptors (Lipinski definition) is 6. The molecule has 0 aliphatic carbocycles. The molecule has 1 heterocycles. The summed E-state index contributed by atoms with van der Waals surface area (Å²) in [6, 6.07) is 0. The topological polar surface area (TPSA) is 47.0 Å². The highest BCUT2D eigenvalue weighted by Crippen LogP contribution is 2.26. The SMILES string of the molecule is C=C(Cl)CSc1nnc(NCCOC)s1. The van der Waals surface area contributed by atoms with Gasteiger partial charge in [0.05, 0.1) is 6.61 Å². The molecular weight excluding hydrogens is 254 g/mol. The van der Waals surface area contributed by atoms with Crippen molar-refractivity contribution in [1.29, 1.82) is 0 Å². The number of hydrogen-bond donors (Lipinski definition) is 1. The molecule has 0 aliphatic heterocycles. The van der Waals surface area contributed by atoms with Crippen molar-refractivity contribution < 1.29 is 4.74 Å². The lowest BCUT2D eigenvalue weighted by molar-refractivity contribution is 0.211. The van der Waals surface area contributed by atoms with Gasteiger partial charge >= 0.3 is 0 Å². The third kappa shape index (κ3) is 5.36. The summed E-state index contributed by atoms with van der Waals surface area (Å²) in [5, 5.41) is 12.5. The Labute approximate surface area is 102 Å². The van der Waals surface area contributed by atoms with Crippen molar-refractivity contribution in [2.45, 2.75) is 4.34 Å². The number of anilines is 1. The summed E-state index contributed by atoms with van der Waals surface area (Å²) in [7, 11) is 1.66. The predicted molar refractivity (Wildman–Crippen MR) is 66.0 cm³/mol. The molecule has 0 radical (unpaired) electrons. The second-order valence-electron chi connectivity index (χ2n) is 2.60. The molecule has 0 amide bonds. The van der Waals surface area contributed by atoms with Gasteiger partial charge in [0.25, 0.3) is 0 Å². The van der Waals surface area contributed by atoms with Crippen molar-refractivity contribution in [3.8, 4) is 0 Å². The summed E-state index contributed by atoms with van der Waals surface area (Å²) in [6.07, 6.45) is 0. The number of thioether (sulfide) groups is 1. The quantitative estimate of drug-likeness (QED) is 0.606. The van der Waals surface area contributed by atoms with Gasteiger partial charge in [0.2, 0.25) is 5.13 Å². The van der Waals surface area contributed by atoms with E-state index >= 15 is 0 Å². The molecule has 1 aromatic heterocycles. The molecule has 0 saturated carbocycles. The van der Waals surface area contributed by atoms with Gasteiger partial charge in [-0.3, -0.25) is 0 Å². The number of aromatic nitrogens is 2. The van der Waals surface area contributed by atoms with Crippen molar-refractivity contribution in [3.63, 3.8) is 0 Å². The fourth-order valence-electron chi connectivity index (χ4n) is 0.740. The van der Waals surface area contributed by atoms with Crippen LogP contribution < -0.4 is 5.32 Å². The average Bonchev–Trinajstić information content (AvgIpc) is 2.63. The van der Waals surface area contributed by atoms with Crippen molar-refractivity contribution in [3.05, 3.63) is 11.6 Å². The normalized spacial score (nSPS) is 10.3. The van der Waals surface area contributed by atoms with Crippen LogP contribution in [0, 0.1) is 0 Å². The van der Waals surface area contributed by atoms with Gasteiger partial charge in [-0.05, 0) is 0 Å². The second-order valence-corrected chi connectivity index (χ2v) is 5.33. The Morgan fingerprint density at radius 2 is 2.47 bits per heavy atom. The van der Waals surface area contributed by atoms with Gasteiger partial charge < -0.3 is 10.1 Å². The molecule has 0 fully saturated rings. The third-order valence-electron chi connectivity index (χ3n) is 1.34. The first-order valence-corrected chi connectivity index (χ1v) is 6.42. The Morgan fingerprint density at radius 3 is 3.13 bits per heavy atom. The molecule has 0 atom stereocenters. The van der Waals surface area contributed by atoms with E-state index in [-0.39, 0.29) is 0 Å². The van der Waals surface area contributed by atoms with E-state index in [1.165, 1.54) is 23.1 Å². The minimum atomic E-state index is 0.615. The second kappa shape index (κ2) is 7.05. The van der Waals surface area contributed by atoms with E-state index < -0.39 is 0 Å². The van der Waals surface area contributed by atoms with Crippen LogP contribution in [-0.2, 0) is 4.74 Å². The van der Waals surface area contributed by atoms with E-state index in [1.54, 1.807) is 7.11 Å². The molecule has 1 rings (SSSR count). The Bertz CT molecular complexity index is 319. The van der Waals surface area contributed by atoms with Crippen LogP contribution >= 0.6 is 34.7 Å². The largest absolute Gasteiger partial charge is 0.383 e. The molecule has 1 N–H and O–H groups in total. The Hall–Kier alpha value is -0.300. The summed E-state index contributed by atoms with van der Waals surface area (Å²) in [6.45, 7) is 4.99. The zero-order chi connectivity index (χ0) is 11.1. The number of halogens is 1. The van der Waals surface area contributed by atoms with Crippen molar-refractivity contribution >= 4 is 39.8 Å². The van der Waals surface area contributed by atoms with Gasteiger partial charge in [0.1, 0.15) is 0 Å². The lowest BCUT2D eigenvalue weighted by Gasteiger charge is -1.98. The molecular formula is C8H12ClN3OS2. The first kappa shape index (κ1) is 12.8. The number of nitrogens with one attached hydrogen (secondary N) is 1. The summed E-state index contributed by atoms with van der Waals surface area (Å²) < 4.78 is 5.79. The fraction of sp³-hybridized carbons (Fsp3) is 0.500. The van der Waals surface area contributed by atoms with E-state index in [2.05, 4.69) is 22.1 Å². The van der Waals surface area contributed by atoms with Gasteiger partial charge in [-0.1, -0.05) is 41.3 Å². The van der Waals surface area contributed by atoms with Crippen molar-refractivity contribution in [1.82, 2.24) is 10.2 Å². The maximum Gasteiger partial charge on any atom is 0.206 e. The van der Waals surface area contributed by atoms with Gasteiger partial charge in [0.15, 0.2) is 4.34 Å². The highest BCUT2D eigenvalue weighted by molar-refractivity contribution is 8.01. The molecule has 0 saturated heterocycles. The smallest absolute Gasteiger partial charge is 0.206 e. The molecule has 0 unspecified atom stereocenters. The maximum absolute atomic E-state index is 5.65. The molecule has 4 nitrogen and oxygen atoms in total. The fourth-order valence-corrected chi connectivity index (χ4v) is 2.43. The minimum Gasteiger partial charge on any atom is -0.383 e. The highest BCUT2D eigenvalue weighted by Gasteiger charge is 2.04. The highest BCUT2D eigenvalue weighted by atomic mass is 35.5. The molecule has 84 valence electrons. The Morgan fingerprint density at radius 1 is 1.67 bits per heavy atom. The summed E-state index contributed by atoms with van der Waals surface area (Å²) in [5.41, 5.74) is 0. The van der Waals surface area contributed by atoms with Gasteiger partial charge in [-0.15, -0.1) is 10.2 Å². The van der Waals surface area contributed by atoms with Crippen LogP contribution in [0.4, 0.5) is 5.13 Å². The third-order valence-corrected chi connectivity index (χ3v) is 3.73. The van der Waals surface area contributed by atoms with Crippen LogP contribution in [0.2, 0.25) is 0 Å². The van der Waals surface area contributed by atoms with Crippen molar-refractivity contribution in [2.24, 2.45) is 0 Å². The number of ether oxygens (including phenoxy) is 1. The maximum atomic E-state index is 5.65. The molecule has 15 heavy (non-hydrogen) atoms. The average molecular weight is 266 g/mol. The molecule has 0 aromatic carbocycles. The minimum absolute atomic E-state index is 0.615. The molecule has 1 aromatic rings. The molecule has 0 aliphatic rings. The van der Waals surface area contributed by atoms with Crippen LogP contribution in [0.25, 0.3) is 0 Å². The van der Waals surface area contributed by atoms with Gasteiger partial charge in [-0.2, -0.15) is 0 Å². The standard InChI is InChI=1S/C8H12ClN3OS2/c1-6(9)5-14-8-12-11-7(15-8)10-3-4-13-2/h1,3-5H2,2H3,(H,10,11). The molecule has 7 heteroatoms. The van der Waals surface area contributed by atoms with Crippen LogP contribution in [0.15, 0.2) is 16.0 Å². The first-order valence-electron chi connectivity index (χ1n) is 4.24. The van der Waals surface area contributed by atoms with Crippen LogP contribution in [0.1, 0.15) is 0 Å². The zero-order valence-electron chi connectivity index (χ0n) is 8.33. The van der Waals surface area contributed by atoms with Crippen LogP contribution in [0.3, 0.4) is 0 Å².